The molecule has 106 valence electrons. The first kappa shape index (κ1) is 12.5. The van der Waals surface area contributed by atoms with E-state index in [2.05, 4.69) is 32.6 Å². The molecule has 22 heavy (non-hydrogen) atoms. The van der Waals surface area contributed by atoms with Gasteiger partial charge in [-0.1, -0.05) is 41.5 Å². The second-order valence-corrected chi connectivity index (χ2v) is 4.81. The van der Waals surface area contributed by atoms with E-state index in [1.165, 1.54) is 0 Å². The standard InChI is InChI=1S/C17H12N4O/c1-2-8-14-12(5-1)6-3-9-15(14)16-20-21-17(22-16)19-13-7-4-10-18-11-13/h1-11H,(H,19,21). The van der Waals surface area contributed by atoms with E-state index in [1.54, 1.807) is 12.4 Å². The van der Waals surface area contributed by atoms with E-state index in [4.69, 9.17) is 4.42 Å². The van der Waals surface area contributed by atoms with E-state index in [1.807, 2.05) is 42.5 Å². The van der Waals surface area contributed by atoms with E-state index in [0.717, 1.165) is 22.0 Å². The molecule has 2 aromatic carbocycles. The minimum Gasteiger partial charge on any atom is -0.403 e. The number of hydrogen-bond acceptors (Lipinski definition) is 5. The van der Waals surface area contributed by atoms with Crippen LogP contribution in [0, 0.1) is 0 Å². The zero-order valence-corrected chi connectivity index (χ0v) is 11.6. The molecule has 0 aliphatic carbocycles. The van der Waals surface area contributed by atoms with Crippen molar-refractivity contribution in [3.05, 3.63) is 67.0 Å². The molecule has 0 bridgehead atoms. The van der Waals surface area contributed by atoms with Crippen molar-refractivity contribution in [2.45, 2.75) is 0 Å². The van der Waals surface area contributed by atoms with Crippen molar-refractivity contribution >= 4 is 22.5 Å². The summed E-state index contributed by atoms with van der Waals surface area (Å²) in [5.74, 6) is 0.489. The summed E-state index contributed by atoms with van der Waals surface area (Å²) in [6, 6.07) is 18.2. The smallest absolute Gasteiger partial charge is 0.320 e. The minimum atomic E-state index is 0.343. The summed E-state index contributed by atoms with van der Waals surface area (Å²) < 4.78 is 5.72. The fraction of sp³-hybridized carbons (Fsp3) is 0. The first-order chi connectivity index (χ1) is 10.9. The van der Waals surface area contributed by atoms with E-state index < -0.39 is 0 Å². The number of nitrogens with one attached hydrogen (secondary N) is 1. The van der Waals surface area contributed by atoms with Crippen molar-refractivity contribution < 1.29 is 4.42 Å². The lowest BCUT2D eigenvalue weighted by molar-refractivity contribution is 0.588. The van der Waals surface area contributed by atoms with Gasteiger partial charge in [-0.3, -0.25) is 4.98 Å². The molecule has 1 N–H and O–H groups in total. The highest BCUT2D eigenvalue weighted by molar-refractivity contribution is 5.94. The van der Waals surface area contributed by atoms with Gasteiger partial charge in [0.25, 0.3) is 0 Å². The molecule has 2 heterocycles. The fourth-order valence-electron chi connectivity index (χ4n) is 2.35. The Bertz CT molecular complexity index is 913. The quantitative estimate of drug-likeness (QED) is 0.616. The molecule has 0 atom stereocenters. The third kappa shape index (κ3) is 2.29. The largest absolute Gasteiger partial charge is 0.403 e. The summed E-state index contributed by atoms with van der Waals surface area (Å²) in [7, 11) is 0. The van der Waals surface area contributed by atoms with Crippen molar-refractivity contribution in [2.75, 3.05) is 5.32 Å². The molecule has 0 saturated heterocycles. The Morgan fingerprint density at radius 1 is 0.864 bits per heavy atom. The molecule has 0 fully saturated rings. The zero-order valence-electron chi connectivity index (χ0n) is 11.6. The zero-order chi connectivity index (χ0) is 14.8. The van der Waals surface area contributed by atoms with Crippen LogP contribution >= 0.6 is 0 Å². The monoisotopic (exact) mass is 288 g/mol. The minimum absolute atomic E-state index is 0.343. The lowest BCUT2D eigenvalue weighted by Crippen LogP contribution is -1.90. The number of hydrogen-bond donors (Lipinski definition) is 1. The Labute approximate surface area is 126 Å². The first-order valence-corrected chi connectivity index (χ1v) is 6.89. The van der Waals surface area contributed by atoms with Crippen LogP contribution in [0.1, 0.15) is 0 Å². The third-order valence-electron chi connectivity index (χ3n) is 3.36. The maximum Gasteiger partial charge on any atom is 0.320 e. The molecule has 4 rings (SSSR count). The van der Waals surface area contributed by atoms with Crippen LogP contribution in [0.4, 0.5) is 11.7 Å². The highest BCUT2D eigenvalue weighted by Gasteiger charge is 2.11. The van der Waals surface area contributed by atoms with Crippen molar-refractivity contribution in [1.29, 1.82) is 0 Å². The summed E-state index contributed by atoms with van der Waals surface area (Å²) in [4.78, 5) is 4.03. The van der Waals surface area contributed by atoms with E-state index in [-0.39, 0.29) is 0 Å². The molecular weight excluding hydrogens is 276 g/mol. The number of aromatic nitrogens is 3. The molecule has 0 unspecified atom stereocenters. The third-order valence-corrected chi connectivity index (χ3v) is 3.36. The van der Waals surface area contributed by atoms with Gasteiger partial charge in [-0.15, -0.1) is 5.10 Å². The Morgan fingerprint density at radius 2 is 1.77 bits per heavy atom. The van der Waals surface area contributed by atoms with Crippen LogP contribution in [0.15, 0.2) is 71.4 Å². The maximum absolute atomic E-state index is 5.72. The molecule has 5 nitrogen and oxygen atoms in total. The van der Waals surface area contributed by atoms with Crippen molar-refractivity contribution in [3.8, 4) is 11.5 Å². The molecule has 0 aliphatic rings. The lowest BCUT2D eigenvalue weighted by Gasteiger charge is -2.02. The number of anilines is 2. The molecule has 0 spiro atoms. The number of pyridine rings is 1. The molecule has 0 saturated carbocycles. The predicted molar refractivity (Wildman–Crippen MR) is 84.8 cm³/mol. The van der Waals surface area contributed by atoms with Crippen LogP contribution in [0.5, 0.6) is 0 Å². The van der Waals surface area contributed by atoms with Gasteiger partial charge in [-0.25, -0.2) is 0 Å². The second-order valence-electron chi connectivity index (χ2n) is 4.81. The van der Waals surface area contributed by atoms with Crippen LogP contribution in [-0.4, -0.2) is 15.2 Å². The van der Waals surface area contributed by atoms with E-state index >= 15 is 0 Å². The molecule has 0 radical (unpaired) electrons. The highest BCUT2D eigenvalue weighted by atomic mass is 16.4. The summed E-state index contributed by atoms with van der Waals surface area (Å²) in [5, 5.41) is 13.4. The molecule has 4 aromatic rings. The van der Waals surface area contributed by atoms with Gasteiger partial charge in [0, 0.05) is 11.8 Å². The van der Waals surface area contributed by atoms with Gasteiger partial charge in [0.05, 0.1) is 11.9 Å². The SMILES string of the molecule is c1cncc(Nc2nnc(-c3cccc4ccccc34)o2)c1. The first-order valence-electron chi connectivity index (χ1n) is 6.89. The van der Waals surface area contributed by atoms with Gasteiger partial charge in [0.15, 0.2) is 0 Å². The number of fused-ring (bicyclic) bond motifs is 1. The van der Waals surface area contributed by atoms with Crippen LogP contribution in [0.3, 0.4) is 0 Å². The predicted octanol–water partition coefficient (Wildman–Crippen LogP) is 4.03. The number of benzene rings is 2. The van der Waals surface area contributed by atoms with Gasteiger partial charge in [0.2, 0.25) is 5.89 Å². The summed E-state index contributed by atoms with van der Waals surface area (Å²) in [6.07, 6.45) is 3.41. The van der Waals surface area contributed by atoms with Crippen LogP contribution < -0.4 is 5.32 Å². The van der Waals surface area contributed by atoms with Gasteiger partial charge < -0.3 is 9.73 Å². The van der Waals surface area contributed by atoms with Gasteiger partial charge in [-0.2, -0.15) is 0 Å². The highest BCUT2D eigenvalue weighted by Crippen LogP contribution is 2.28. The molecule has 0 amide bonds. The van der Waals surface area contributed by atoms with Crippen LogP contribution in [-0.2, 0) is 0 Å². The Balaban J connectivity index is 1.71. The average molecular weight is 288 g/mol. The summed E-state index contributed by atoms with van der Waals surface area (Å²) in [6.45, 7) is 0. The van der Waals surface area contributed by atoms with Crippen molar-refractivity contribution in [2.24, 2.45) is 0 Å². The van der Waals surface area contributed by atoms with Crippen LogP contribution in [0.25, 0.3) is 22.2 Å². The molecule has 0 aliphatic heterocycles. The fourth-order valence-corrected chi connectivity index (χ4v) is 2.35. The Kier molecular flexibility index (Phi) is 3.01. The Morgan fingerprint density at radius 3 is 2.68 bits per heavy atom. The van der Waals surface area contributed by atoms with E-state index in [9.17, 15) is 0 Å². The van der Waals surface area contributed by atoms with Gasteiger partial charge in [0.1, 0.15) is 0 Å². The van der Waals surface area contributed by atoms with Gasteiger partial charge >= 0.3 is 6.01 Å². The number of rotatable bonds is 3. The summed E-state index contributed by atoms with van der Waals surface area (Å²) >= 11 is 0. The molecular formula is C17H12N4O. The topological polar surface area (TPSA) is 63.8 Å². The number of nitrogens with zero attached hydrogens (tertiary/aromatic N) is 3. The maximum atomic E-state index is 5.72. The molecule has 5 heteroatoms. The Hall–Kier alpha value is -3.21. The molecule has 2 aromatic heterocycles. The van der Waals surface area contributed by atoms with Crippen molar-refractivity contribution in [3.63, 3.8) is 0 Å². The van der Waals surface area contributed by atoms with E-state index in [0.29, 0.717) is 11.9 Å². The van der Waals surface area contributed by atoms with Crippen molar-refractivity contribution in [1.82, 2.24) is 15.2 Å². The van der Waals surface area contributed by atoms with Gasteiger partial charge in [-0.05, 0) is 29.0 Å². The lowest BCUT2D eigenvalue weighted by atomic mass is 10.0. The average Bonchev–Trinajstić information content (AvgIpc) is 3.03. The van der Waals surface area contributed by atoms with Crippen LogP contribution in [0.2, 0.25) is 0 Å². The summed E-state index contributed by atoms with van der Waals surface area (Å²) in [5.41, 5.74) is 1.72. The normalized spacial score (nSPS) is 10.7. The second kappa shape index (κ2) is 5.29.